The van der Waals surface area contributed by atoms with Gasteiger partial charge in [-0.25, -0.2) is 17.9 Å². The molecule has 0 spiro atoms. The Hall–Kier alpha value is -1.49. The van der Waals surface area contributed by atoms with Crippen LogP contribution < -0.4 is 16.0 Å². The first kappa shape index (κ1) is 18.8. The van der Waals surface area contributed by atoms with Gasteiger partial charge in [-0.3, -0.25) is 14.3 Å². The van der Waals surface area contributed by atoms with Crippen LogP contribution in [-0.4, -0.2) is 59.8 Å². The summed E-state index contributed by atoms with van der Waals surface area (Å²) < 4.78 is 28.9. The molecular formula is C14H24N4O5S. The van der Waals surface area contributed by atoms with Gasteiger partial charge in [0.05, 0.1) is 6.61 Å². The molecule has 0 unspecified atom stereocenters. The topological polar surface area (TPSA) is 114 Å². The molecule has 1 saturated heterocycles. The van der Waals surface area contributed by atoms with Gasteiger partial charge in [-0.15, -0.1) is 0 Å². The molecule has 1 fully saturated rings. The van der Waals surface area contributed by atoms with Crippen LogP contribution in [0, 0.1) is 0 Å². The minimum atomic E-state index is -4.01. The van der Waals surface area contributed by atoms with Crippen molar-refractivity contribution < 1.29 is 13.5 Å². The van der Waals surface area contributed by atoms with Crippen LogP contribution in [0.2, 0.25) is 0 Å². The fourth-order valence-corrected chi connectivity index (χ4v) is 4.10. The summed E-state index contributed by atoms with van der Waals surface area (Å²) in [5.41, 5.74) is -1.44. The lowest BCUT2D eigenvalue weighted by molar-refractivity contribution is 0.0923. The van der Waals surface area contributed by atoms with Crippen LogP contribution in [0.15, 0.2) is 20.7 Å². The SMILES string of the molecule is Cn1cc(S(=O)(=O)NCCN2CCCC[C@H]2CO)c(=O)n(C)c1=O. The third kappa shape index (κ3) is 3.94. The molecule has 2 rings (SSSR count). The highest BCUT2D eigenvalue weighted by Gasteiger charge is 2.24. The van der Waals surface area contributed by atoms with E-state index in [1.807, 2.05) is 4.90 Å². The molecule has 0 saturated carbocycles. The van der Waals surface area contributed by atoms with Crippen molar-refractivity contribution in [2.45, 2.75) is 30.2 Å². The monoisotopic (exact) mass is 360 g/mol. The second kappa shape index (κ2) is 7.60. The third-order valence-corrected chi connectivity index (χ3v) is 5.80. The van der Waals surface area contributed by atoms with E-state index in [0.717, 1.165) is 41.1 Å². The van der Waals surface area contributed by atoms with E-state index in [-0.39, 0.29) is 19.2 Å². The quantitative estimate of drug-likeness (QED) is 0.619. The first-order chi connectivity index (χ1) is 11.3. The number of piperidine rings is 1. The van der Waals surface area contributed by atoms with Crippen LogP contribution in [0.4, 0.5) is 0 Å². The summed E-state index contributed by atoms with van der Waals surface area (Å²) in [7, 11) is -1.38. The minimum Gasteiger partial charge on any atom is -0.395 e. The number of sulfonamides is 1. The minimum absolute atomic E-state index is 0.0497. The van der Waals surface area contributed by atoms with E-state index in [0.29, 0.717) is 6.54 Å². The van der Waals surface area contributed by atoms with Crippen LogP contribution >= 0.6 is 0 Å². The number of nitrogens with one attached hydrogen (secondary N) is 1. The molecule has 1 aliphatic heterocycles. The number of aliphatic hydroxyl groups is 1. The van der Waals surface area contributed by atoms with E-state index >= 15 is 0 Å². The fraction of sp³-hybridized carbons (Fsp3) is 0.714. The van der Waals surface area contributed by atoms with Gasteiger partial charge < -0.3 is 9.67 Å². The van der Waals surface area contributed by atoms with Crippen molar-refractivity contribution in [1.82, 2.24) is 18.8 Å². The van der Waals surface area contributed by atoms with Gasteiger partial charge in [0.25, 0.3) is 5.56 Å². The number of nitrogens with zero attached hydrogens (tertiary/aromatic N) is 3. The Morgan fingerprint density at radius 2 is 2.00 bits per heavy atom. The van der Waals surface area contributed by atoms with Crippen LogP contribution in [0.3, 0.4) is 0 Å². The van der Waals surface area contributed by atoms with Gasteiger partial charge in [-0.2, -0.15) is 0 Å². The average molecular weight is 360 g/mol. The van der Waals surface area contributed by atoms with Crippen molar-refractivity contribution >= 4 is 10.0 Å². The fourth-order valence-electron chi connectivity index (χ4n) is 2.92. The Morgan fingerprint density at radius 3 is 2.67 bits per heavy atom. The zero-order valence-corrected chi connectivity index (χ0v) is 14.8. The van der Waals surface area contributed by atoms with Crippen molar-refractivity contribution in [3.8, 4) is 0 Å². The first-order valence-corrected chi connectivity index (χ1v) is 9.37. The number of aliphatic hydroxyl groups excluding tert-OH is 1. The Kier molecular flexibility index (Phi) is 5.97. The molecule has 1 aliphatic rings. The molecule has 1 aromatic heterocycles. The van der Waals surface area contributed by atoms with Gasteiger partial charge in [-0.1, -0.05) is 6.42 Å². The van der Waals surface area contributed by atoms with Crippen molar-refractivity contribution in [2.75, 3.05) is 26.2 Å². The molecule has 2 heterocycles. The smallest absolute Gasteiger partial charge is 0.330 e. The summed E-state index contributed by atoms with van der Waals surface area (Å²) in [6.45, 7) is 1.45. The number of hydrogen-bond donors (Lipinski definition) is 2. The van der Waals surface area contributed by atoms with Crippen molar-refractivity contribution in [3.05, 3.63) is 27.0 Å². The zero-order chi connectivity index (χ0) is 17.9. The molecule has 0 radical (unpaired) electrons. The Labute approximate surface area is 140 Å². The lowest BCUT2D eigenvalue weighted by Gasteiger charge is -2.34. The summed E-state index contributed by atoms with van der Waals surface area (Å²) >= 11 is 0. The molecule has 24 heavy (non-hydrogen) atoms. The number of rotatable bonds is 6. The third-order valence-electron chi connectivity index (χ3n) is 4.36. The van der Waals surface area contributed by atoms with Gasteiger partial charge in [0.1, 0.15) is 0 Å². The number of hydrogen-bond acceptors (Lipinski definition) is 6. The highest BCUT2D eigenvalue weighted by molar-refractivity contribution is 7.89. The summed E-state index contributed by atoms with van der Waals surface area (Å²) in [6.07, 6.45) is 4.00. The van der Waals surface area contributed by atoms with E-state index in [4.69, 9.17) is 0 Å². The summed E-state index contributed by atoms with van der Waals surface area (Å²) in [4.78, 5) is 25.3. The van der Waals surface area contributed by atoms with Crippen LogP contribution in [0.5, 0.6) is 0 Å². The van der Waals surface area contributed by atoms with Gasteiger partial charge in [0, 0.05) is 39.4 Å². The molecule has 0 aromatic carbocycles. The molecule has 0 bridgehead atoms. The Bertz CT molecular complexity index is 798. The average Bonchev–Trinajstić information content (AvgIpc) is 2.56. The Balaban J connectivity index is 2.10. The largest absolute Gasteiger partial charge is 0.395 e. The summed E-state index contributed by atoms with van der Waals surface area (Å²) in [6, 6.07) is 0.0497. The number of likely N-dealkylation sites (tertiary alicyclic amines) is 1. The van der Waals surface area contributed by atoms with Crippen LogP contribution in [0.25, 0.3) is 0 Å². The van der Waals surface area contributed by atoms with Gasteiger partial charge in [-0.05, 0) is 19.4 Å². The highest BCUT2D eigenvalue weighted by atomic mass is 32.2. The van der Waals surface area contributed by atoms with Crippen molar-refractivity contribution in [2.24, 2.45) is 14.1 Å². The second-order valence-electron chi connectivity index (χ2n) is 6.02. The number of aryl methyl sites for hydroxylation is 1. The molecule has 136 valence electrons. The predicted octanol–water partition coefficient (Wildman–Crippen LogP) is -1.79. The standard InChI is InChI=1S/C14H24N4O5S/c1-16-9-12(13(20)17(2)14(16)21)24(22,23)15-6-8-18-7-4-3-5-11(18)10-19/h9,11,15,19H,3-8,10H2,1-2H3/t11-/m0/s1. The second-order valence-corrected chi connectivity index (χ2v) is 7.75. The molecule has 10 heteroatoms. The molecular weight excluding hydrogens is 336 g/mol. The normalized spacial score (nSPS) is 19.5. The van der Waals surface area contributed by atoms with E-state index in [1.165, 1.54) is 14.1 Å². The highest BCUT2D eigenvalue weighted by Crippen LogP contribution is 2.15. The van der Waals surface area contributed by atoms with Crippen LogP contribution in [-0.2, 0) is 24.1 Å². The van der Waals surface area contributed by atoms with Gasteiger partial charge in [0.2, 0.25) is 10.0 Å². The maximum Gasteiger partial charge on any atom is 0.330 e. The zero-order valence-electron chi connectivity index (χ0n) is 13.9. The summed E-state index contributed by atoms with van der Waals surface area (Å²) in [5.74, 6) is 0. The van der Waals surface area contributed by atoms with Crippen molar-refractivity contribution in [3.63, 3.8) is 0 Å². The molecule has 9 nitrogen and oxygen atoms in total. The lowest BCUT2D eigenvalue weighted by atomic mass is 10.0. The van der Waals surface area contributed by atoms with Gasteiger partial charge in [0.15, 0.2) is 4.90 Å². The van der Waals surface area contributed by atoms with Crippen molar-refractivity contribution in [1.29, 1.82) is 0 Å². The maximum absolute atomic E-state index is 12.4. The van der Waals surface area contributed by atoms with Gasteiger partial charge >= 0.3 is 5.69 Å². The molecule has 1 aromatic rings. The lowest BCUT2D eigenvalue weighted by Crippen LogP contribution is -2.46. The first-order valence-electron chi connectivity index (χ1n) is 7.89. The molecule has 0 aliphatic carbocycles. The summed E-state index contributed by atoms with van der Waals surface area (Å²) in [5, 5.41) is 9.37. The number of aromatic nitrogens is 2. The van der Waals surface area contributed by atoms with E-state index in [2.05, 4.69) is 4.72 Å². The molecule has 0 amide bonds. The van der Waals surface area contributed by atoms with E-state index < -0.39 is 26.2 Å². The van der Waals surface area contributed by atoms with E-state index in [1.54, 1.807) is 0 Å². The van der Waals surface area contributed by atoms with E-state index in [9.17, 15) is 23.1 Å². The molecule has 2 N–H and O–H groups in total. The molecule has 1 atom stereocenters. The van der Waals surface area contributed by atoms with Crippen LogP contribution in [0.1, 0.15) is 19.3 Å². The Morgan fingerprint density at radius 1 is 1.29 bits per heavy atom. The predicted molar refractivity (Wildman–Crippen MR) is 88.4 cm³/mol. The maximum atomic E-state index is 12.4.